The van der Waals surface area contributed by atoms with Gasteiger partial charge in [0.2, 0.25) is 5.91 Å². The third-order valence-corrected chi connectivity index (χ3v) is 4.98. The van der Waals surface area contributed by atoms with Crippen molar-refractivity contribution >= 4 is 5.91 Å². The highest BCUT2D eigenvalue weighted by Gasteiger charge is 2.26. The van der Waals surface area contributed by atoms with Gasteiger partial charge in [-0.3, -0.25) is 9.69 Å². The molecule has 0 saturated carbocycles. The van der Waals surface area contributed by atoms with Crippen LogP contribution < -0.4 is 4.74 Å². The Bertz CT molecular complexity index is 515. The second kappa shape index (κ2) is 7.82. The Morgan fingerprint density at radius 3 is 2.65 bits per heavy atom. The third kappa shape index (κ3) is 4.05. The first-order valence-corrected chi connectivity index (χ1v) is 9.02. The van der Waals surface area contributed by atoms with Gasteiger partial charge in [-0.2, -0.15) is 0 Å². The van der Waals surface area contributed by atoms with Crippen molar-refractivity contribution in [1.29, 1.82) is 0 Å². The van der Waals surface area contributed by atoms with E-state index < -0.39 is 0 Å². The Hall–Kier alpha value is -1.55. The molecule has 126 valence electrons. The van der Waals surface area contributed by atoms with E-state index in [1.54, 1.807) is 0 Å². The molecule has 2 heterocycles. The number of ether oxygens (including phenoxy) is 1. The summed E-state index contributed by atoms with van der Waals surface area (Å²) in [6, 6.07) is 9.10. The third-order valence-electron chi connectivity index (χ3n) is 4.98. The van der Waals surface area contributed by atoms with Crippen LogP contribution in [0, 0.1) is 0 Å². The van der Waals surface area contributed by atoms with Crippen LogP contribution in [0.25, 0.3) is 0 Å². The van der Waals surface area contributed by atoms with Crippen molar-refractivity contribution in [3.8, 4) is 5.75 Å². The molecule has 0 spiro atoms. The maximum absolute atomic E-state index is 11.7. The molecule has 1 aromatic rings. The highest BCUT2D eigenvalue weighted by molar-refractivity contribution is 5.77. The lowest BCUT2D eigenvalue weighted by atomic mass is 10.0. The van der Waals surface area contributed by atoms with Crippen molar-refractivity contribution in [3.05, 3.63) is 29.8 Å². The Labute approximate surface area is 139 Å². The van der Waals surface area contributed by atoms with Crippen LogP contribution in [0.1, 0.15) is 50.6 Å². The fourth-order valence-electron chi connectivity index (χ4n) is 3.83. The zero-order valence-corrected chi connectivity index (χ0v) is 14.2. The van der Waals surface area contributed by atoms with Crippen molar-refractivity contribution in [2.24, 2.45) is 0 Å². The summed E-state index contributed by atoms with van der Waals surface area (Å²) in [7, 11) is 0. The molecular weight excluding hydrogens is 288 g/mol. The lowest BCUT2D eigenvalue weighted by Crippen LogP contribution is -2.30. The molecule has 23 heavy (non-hydrogen) atoms. The van der Waals surface area contributed by atoms with E-state index in [0.717, 1.165) is 44.6 Å². The van der Waals surface area contributed by atoms with Crippen LogP contribution in [-0.4, -0.2) is 48.5 Å². The number of hydrogen-bond donors (Lipinski definition) is 0. The molecule has 1 atom stereocenters. The van der Waals surface area contributed by atoms with Gasteiger partial charge >= 0.3 is 0 Å². The van der Waals surface area contributed by atoms with Gasteiger partial charge in [0, 0.05) is 32.1 Å². The molecule has 2 fully saturated rings. The zero-order chi connectivity index (χ0) is 16.1. The molecule has 0 aliphatic carbocycles. The number of amides is 1. The first-order valence-electron chi connectivity index (χ1n) is 9.02. The quantitative estimate of drug-likeness (QED) is 0.774. The highest BCUT2D eigenvalue weighted by Crippen LogP contribution is 2.32. The number of carbonyl (C=O) groups excluding carboxylic acids is 1. The number of benzene rings is 1. The van der Waals surface area contributed by atoms with Gasteiger partial charge in [-0.25, -0.2) is 0 Å². The molecule has 2 aliphatic rings. The molecule has 1 amide bonds. The number of likely N-dealkylation sites (tertiary alicyclic amines) is 2. The molecule has 2 aliphatic heterocycles. The second-order valence-corrected chi connectivity index (χ2v) is 6.53. The normalized spacial score (nSPS) is 22.0. The fraction of sp³-hybridized carbons (Fsp3) is 0.632. The van der Waals surface area contributed by atoms with Crippen LogP contribution in [0.5, 0.6) is 5.75 Å². The Balaban J connectivity index is 1.51. The molecule has 4 nitrogen and oxygen atoms in total. The fourth-order valence-corrected chi connectivity index (χ4v) is 3.83. The summed E-state index contributed by atoms with van der Waals surface area (Å²) in [5.74, 6) is 1.29. The van der Waals surface area contributed by atoms with E-state index in [9.17, 15) is 4.79 Å². The smallest absolute Gasteiger partial charge is 0.222 e. The van der Waals surface area contributed by atoms with Gasteiger partial charge in [0.25, 0.3) is 0 Å². The van der Waals surface area contributed by atoms with E-state index in [2.05, 4.69) is 29.2 Å². The minimum absolute atomic E-state index is 0.342. The van der Waals surface area contributed by atoms with E-state index in [4.69, 9.17) is 4.74 Å². The largest absolute Gasteiger partial charge is 0.494 e. The molecular formula is C19H28N2O2. The van der Waals surface area contributed by atoms with E-state index in [0.29, 0.717) is 18.6 Å². The van der Waals surface area contributed by atoms with Gasteiger partial charge in [0.05, 0.1) is 6.61 Å². The van der Waals surface area contributed by atoms with Crippen molar-refractivity contribution < 1.29 is 9.53 Å². The standard InChI is InChI=1S/C19H28N2O2/c1-2-23-17-10-8-16(9-11-17)18-6-3-12-20(18)14-5-15-21-13-4-7-19(21)22/h8-11,18H,2-7,12-15H2,1H3. The summed E-state index contributed by atoms with van der Waals surface area (Å²) in [6.45, 7) is 6.86. The molecule has 1 aromatic carbocycles. The second-order valence-electron chi connectivity index (χ2n) is 6.53. The van der Waals surface area contributed by atoms with E-state index in [1.807, 2.05) is 11.8 Å². The van der Waals surface area contributed by atoms with Crippen LogP contribution >= 0.6 is 0 Å². The predicted molar refractivity (Wildman–Crippen MR) is 91.6 cm³/mol. The van der Waals surface area contributed by atoms with Gasteiger partial charge in [-0.05, 0) is 56.8 Å². The van der Waals surface area contributed by atoms with Crippen LogP contribution in [-0.2, 0) is 4.79 Å². The van der Waals surface area contributed by atoms with Crippen LogP contribution in [0.15, 0.2) is 24.3 Å². The van der Waals surface area contributed by atoms with E-state index in [1.165, 1.54) is 24.9 Å². The minimum atomic E-state index is 0.342. The minimum Gasteiger partial charge on any atom is -0.494 e. The number of rotatable bonds is 7. The van der Waals surface area contributed by atoms with Crippen molar-refractivity contribution in [2.75, 3.05) is 32.8 Å². The van der Waals surface area contributed by atoms with E-state index >= 15 is 0 Å². The predicted octanol–water partition coefficient (Wildman–Crippen LogP) is 3.23. The molecule has 3 rings (SSSR count). The van der Waals surface area contributed by atoms with Gasteiger partial charge in [-0.1, -0.05) is 12.1 Å². The average Bonchev–Trinajstić information content (AvgIpc) is 3.18. The number of nitrogens with zero attached hydrogens (tertiary/aromatic N) is 2. The molecule has 1 unspecified atom stereocenters. The maximum atomic E-state index is 11.7. The Morgan fingerprint density at radius 1 is 1.13 bits per heavy atom. The van der Waals surface area contributed by atoms with Crippen molar-refractivity contribution in [3.63, 3.8) is 0 Å². The van der Waals surface area contributed by atoms with Gasteiger partial charge in [-0.15, -0.1) is 0 Å². The topological polar surface area (TPSA) is 32.8 Å². The molecule has 0 N–H and O–H groups in total. The first kappa shape index (κ1) is 16.3. The summed E-state index contributed by atoms with van der Waals surface area (Å²) < 4.78 is 5.53. The van der Waals surface area contributed by atoms with Crippen molar-refractivity contribution in [1.82, 2.24) is 9.80 Å². The SMILES string of the molecule is CCOc1ccc(C2CCCN2CCCN2CCCC2=O)cc1. The lowest BCUT2D eigenvalue weighted by Gasteiger charge is -2.26. The number of carbonyl (C=O) groups is 1. The molecule has 2 saturated heterocycles. The summed E-state index contributed by atoms with van der Waals surface area (Å²) in [6.07, 6.45) is 5.37. The van der Waals surface area contributed by atoms with Gasteiger partial charge < -0.3 is 9.64 Å². The lowest BCUT2D eigenvalue weighted by molar-refractivity contribution is -0.127. The van der Waals surface area contributed by atoms with Gasteiger partial charge in [0.15, 0.2) is 0 Å². The highest BCUT2D eigenvalue weighted by atomic mass is 16.5. The monoisotopic (exact) mass is 316 g/mol. The summed E-state index contributed by atoms with van der Waals surface area (Å²) in [4.78, 5) is 16.3. The summed E-state index contributed by atoms with van der Waals surface area (Å²) in [5.41, 5.74) is 1.39. The van der Waals surface area contributed by atoms with Crippen LogP contribution in [0.3, 0.4) is 0 Å². The molecule has 0 radical (unpaired) electrons. The Kier molecular flexibility index (Phi) is 5.55. The average molecular weight is 316 g/mol. The number of hydrogen-bond acceptors (Lipinski definition) is 3. The Morgan fingerprint density at radius 2 is 1.96 bits per heavy atom. The first-order chi connectivity index (χ1) is 11.3. The zero-order valence-electron chi connectivity index (χ0n) is 14.2. The van der Waals surface area contributed by atoms with Gasteiger partial charge in [0.1, 0.15) is 5.75 Å². The molecule has 4 heteroatoms. The van der Waals surface area contributed by atoms with E-state index in [-0.39, 0.29) is 0 Å². The van der Waals surface area contributed by atoms with Crippen LogP contribution in [0.4, 0.5) is 0 Å². The van der Waals surface area contributed by atoms with Crippen molar-refractivity contribution in [2.45, 2.75) is 45.1 Å². The molecule has 0 bridgehead atoms. The molecule has 0 aromatic heterocycles. The summed E-state index contributed by atoms with van der Waals surface area (Å²) in [5, 5.41) is 0. The maximum Gasteiger partial charge on any atom is 0.222 e. The van der Waals surface area contributed by atoms with Crippen LogP contribution in [0.2, 0.25) is 0 Å². The summed E-state index contributed by atoms with van der Waals surface area (Å²) >= 11 is 0.